The summed E-state index contributed by atoms with van der Waals surface area (Å²) in [6.07, 6.45) is 7.05. The summed E-state index contributed by atoms with van der Waals surface area (Å²) < 4.78 is 6.84. The predicted molar refractivity (Wildman–Crippen MR) is 136 cm³/mol. The maximum atomic E-state index is 11.1. The molecular formula is C26H37NO2SSi. The third-order valence-electron chi connectivity index (χ3n) is 6.01. The molecule has 1 aromatic heterocycles. The Kier molecular flexibility index (Phi) is 8.75. The van der Waals surface area contributed by atoms with Gasteiger partial charge in [0.25, 0.3) is 0 Å². The normalized spacial score (nSPS) is 14.6. The molecule has 0 unspecified atom stereocenters. The number of carbonyl (C=O) groups excluding carboxylic acids is 1. The average molecular weight is 456 g/mol. The van der Waals surface area contributed by atoms with Crippen LogP contribution in [0.2, 0.25) is 18.1 Å². The van der Waals surface area contributed by atoms with Gasteiger partial charge in [0.1, 0.15) is 6.29 Å². The monoisotopic (exact) mass is 455 g/mol. The molecule has 168 valence electrons. The maximum absolute atomic E-state index is 11.1. The first-order chi connectivity index (χ1) is 14.4. The number of aryl methyl sites for hydroxylation is 1. The summed E-state index contributed by atoms with van der Waals surface area (Å²) in [6, 6.07) is 7.82. The van der Waals surface area contributed by atoms with E-state index in [4.69, 9.17) is 4.43 Å². The van der Waals surface area contributed by atoms with E-state index in [1.54, 1.807) is 11.3 Å². The van der Waals surface area contributed by atoms with Crippen molar-refractivity contribution in [1.82, 2.24) is 4.98 Å². The standard InChI is InChI=1S/C26H37NO2SSi/c1-19(14-22-10-9-11-23(16-22)17-28)12-13-25(29-31(7,8)26(4,5)6)20(2)15-24-18-30-21(3)27-24/h9-12,15-18,25H,13-14H2,1-8H3/t25-/m0/s1. The zero-order valence-electron chi connectivity index (χ0n) is 20.3. The van der Waals surface area contributed by atoms with Crippen molar-refractivity contribution in [3.8, 4) is 0 Å². The first-order valence-electron chi connectivity index (χ1n) is 10.9. The zero-order valence-corrected chi connectivity index (χ0v) is 22.1. The van der Waals surface area contributed by atoms with Crippen LogP contribution in [0.15, 0.2) is 46.9 Å². The van der Waals surface area contributed by atoms with Crippen molar-refractivity contribution in [2.24, 2.45) is 0 Å². The zero-order chi connectivity index (χ0) is 23.2. The quantitative estimate of drug-likeness (QED) is 0.221. The van der Waals surface area contributed by atoms with Gasteiger partial charge in [-0.15, -0.1) is 11.3 Å². The van der Waals surface area contributed by atoms with Crippen molar-refractivity contribution in [3.05, 3.63) is 68.7 Å². The van der Waals surface area contributed by atoms with E-state index in [1.165, 1.54) is 11.1 Å². The van der Waals surface area contributed by atoms with Crippen molar-refractivity contribution >= 4 is 32.0 Å². The summed E-state index contributed by atoms with van der Waals surface area (Å²) >= 11 is 1.67. The van der Waals surface area contributed by atoms with Gasteiger partial charge in [-0.3, -0.25) is 4.79 Å². The van der Waals surface area contributed by atoms with Gasteiger partial charge in [-0.1, -0.05) is 50.6 Å². The van der Waals surface area contributed by atoms with Crippen LogP contribution in [0.25, 0.3) is 6.08 Å². The van der Waals surface area contributed by atoms with Gasteiger partial charge in [0.15, 0.2) is 8.32 Å². The van der Waals surface area contributed by atoms with Crippen molar-refractivity contribution in [3.63, 3.8) is 0 Å². The Morgan fingerprint density at radius 2 is 1.97 bits per heavy atom. The number of thiazole rings is 1. The molecular weight excluding hydrogens is 418 g/mol. The van der Waals surface area contributed by atoms with Gasteiger partial charge in [-0.25, -0.2) is 4.98 Å². The summed E-state index contributed by atoms with van der Waals surface area (Å²) in [7, 11) is -1.93. The van der Waals surface area contributed by atoms with Crippen molar-refractivity contribution < 1.29 is 9.22 Å². The van der Waals surface area contributed by atoms with Gasteiger partial charge in [-0.05, 0) is 75.0 Å². The van der Waals surface area contributed by atoms with E-state index >= 15 is 0 Å². The Morgan fingerprint density at radius 3 is 2.55 bits per heavy atom. The smallest absolute Gasteiger partial charge is 0.192 e. The number of allylic oxidation sites excluding steroid dienone is 1. The molecule has 5 heteroatoms. The van der Waals surface area contributed by atoms with Crippen LogP contribution in [0.4, 0.5) is 0 Å². The number of hydrogen-bond acceptors (Lipinski definition) is 4. The fourth-order valence-corrected chi connectivity index (χ4v) is 5.03. The van der Waals surface area contributed by atoms with E-state index in [2.05, 4.69) is 76.3 Å². The minimum Gasteiger partial charge on any atom is -0.410 e. The Bertz CT molecular complexity index is 950. The topological polar surface area (TPSA) is 39.2 Å². The number of nitrogens with zero attached hydrogens (tertiary/aromatic N) is 1. The molecule has 0 aliphatic rings. The molecule has 0 fully saturated rings. The molecule has 3 nitrogen and oxygen atoms in total. The van der Waals surface area contributed by atoms with E-state index in [-0.39, 0.29) is 11.1 Å². The molecule has 0 saturated heterocycles. The Morgan fingerprint density at radius 1 is 1.26 bits per heavy atom. The largest absolute Gasteiger partial charge is 0.410 e. The molecule has 1 heterocycles. The van der Waals surface area contributed by atoms with E-state index in [9.17, 15) is 4.79 Å². The second-order valence-corrected chi connectivity index (χ2v) is 15.7. The molecule has 2 rings (SSSR count). The summed E-state index contributed by atoms with van der Waals surface area (Å²) in [5, 5.41) is 3.33. The first-order valence-corrected chi connectivity index (χ1v) is 14.7. The lowest BCUT2D eigenvalue weighted by Gasteiger charge is -2.39. The third-order valence-corrected chi connectivity index (χ3v) is 11.3. The molecule has 1 aromatic carbocycles. The van der Waals surface area contributed by atoms with Crippen molar-refractivity contribution in [2.45, 2.75) is 78.6 Å². The number of hydrogen-bond donors (Lipinski definition) is 0. The molecule has 0 spiro atoms. The minimum absolute atomic E-state index is 0.0270. The lowest BCUT2D eigenvalue weighted by molar-refractivity contribution is 0.112. The summed E-state index contributed by atoms with van der Waals surface area (Å²) in [6.45, 7) is 17.8. The predicted octanol–water partition coefficient (Wildman–Crippen LogP) is 7.64. The number of aromatic nitrogens is 1. The average Bonchev–Trinajstić information content (AvgIpc) is 3.08. The molecule has 0 radical (unpaired) electrons. The first kappa shape index (κ1) is 25.4. The van der Waals surface area contributed by atoms with Gasteiger partial charge in [0.05, 0.1) is 16.8 Å². The second-order valence-electron chi connectivity index (χ2n) is 9.87. The van der Waals surface area contributed by atoms with Crippen LogP contribution >= 0.6 is 11.3 Å². The van der Waals surface area contributed by atoms with Crippen LogP contribution in [0, 0.1) is 6.92 Å². The highest BCUT2D eigenvalue weighted by molar-refractivity contribution is 7.09. The van der Waals surface area contributed by atoms with Gasteiger partial charge >= 0.3 is 0 Å². The van der Waals surface area contributed by atoms with E-state index in [1.807, 2.05) is 25.1 Å². The molecule has 31 heavy (non-hydrogen) atoms. The van der Waals surface area contributed by atoms with Gasteiger partial charge in [-0.2, -0.15) is 0 Å². The van der Waals surface area contributed by atoms with Crippen LogP contribution in [-0.4, -0.2) is 25.7 Å². The van der Waals surface area contributed by atoms with Gasteiger partial charge in [0.2, 0.25) is 0 Å². The number of rotatable bonds is 9. The van der Waals surface area contributed by atoms with Crippen molar-refractivity contribution in [2.75, 3.05) is 0 Å². The van der Waals surface area contributed by atoms with Crippen LogP contribution in [0.1, 0.15) is 67.7 Å². The number of carbonyl (C=O) groups is 1. The lowest BCUT2D eigenvalue weighted by Crippen LogP contribution is -2.44. The second kappa shape index (κ2) is 10.7. The molecule has 0 bridgehead atoms. The highest BCUT2D eigenvalue weighted by atomic mass is 32.1. The molecule has 1 atom stereocenters. The molecule has 0 aliphatic carbocycles. The highest BCUT2D eigenvalue weighted by Gasteiger charge is 2.39. The summed E-state index contributed by atoms with van der Waals surface area (Å²) in [4.78, 5) is 15.7. The van der Waals surface area contributed by atoms with E-state index in [0.717, 1.165) is 41.0 Å². The minimum atomic E-state index is -1.93. The summed E-state index contributed by atoms with van der Waals surface area (Å²) in [5.41, 5.74) is 5.38. The number of benzene rings is 1. The number of aldehydes is 1. The Labute approximate surface area is 193 Å². The van der Waals surface area contributed by atoms with Gasteiger partial charge < -0.3 is 4.43 Å². The Hall–Kier alpha value is -1.82. The molecule has 0 N–H and O–H groups in total. The maximum Gasteiger partial charge on any atom is 0.192 e. The van der Waals surface area contributed by atoms with Crippen LogP contribution < -0.4 is 0 Å². The fraction of sp³-hybridized carbons (Fsp3) is 0.462. The molecule has 0 amide bonds. The lowest BCUT2D eigenvalue weighted by atomic mass is 10.0. The highest BCUT2D eigenvalue weighted by Crippen LogP contribution is 2.38. The molecule has 0 aliphatic heterocycles. The Balaban J connectivity index is 2.23. The SMILES string of the molecule is CC(=CC[C@H](O[Si](C)(C)C(C)(C)C)C(C)=Cc1csc(C)n1)Cc1cccc(C=O)c1. The van der Waals surface area contributed by atoms with Gasteiger partial charge in [0, 0.05) is 10.9 Å². The van der Waals surface area contributed by atoms with Crippen molar-refractivity contribution in [1.29, 1.82) is 0 Å². The van der Waals surface area contributed by atoms with Crippen LogP contribution in [0.3, 0.4) is 0 Å². The molecule has 2 aromatic rings. The third kappa shape index (κ3) is 7.67. The fourth-order valence-electron chi connectivity index (χ4n) is 3.11. The van der Waals surface area contributed by atoms with E-state index in [0.29, 0.717) is 0 Å². The van der Waals surface area contributed by atoms with E-state index < -0.39 is 8.32 Å². The molecule has 0 saturated carbocycles. The van der Waals surface area contributed by atoms with Crippen LogP contribution in [0.5, 0.6) is 0 Å². The van der Waals surface area contributed by atoms with Crippen LogP contribution in [-0.2, 0) is 10.8 Å². The summed E-state index contributed by atoms with van der Waals surface area (Å²) in [5.74, 6) is 0.